The maximum atomic E-state index is 13.9. The third-order valence-electron chi connectivity index (χ3n) is 6.17. The molecule has 10 heteroatoms. The van der Waals surface area contributed by atoms with Crippen molar-refractivity contribution in [2.24, 2.45) is 4.99 Å². The van der Waals surface area contributed by atoms with Gasteiger partial charge in [-0.1, -0.05) is 23.5 Å². The summed E-state index contributed by atoms with van der Waals surface area (Å²) in [5, 5.41) is 0. The minimum atomic E-state index is -0.769. The molecule has 9 nitrogen and oxygen atoms in total. The summed E-state index contributed by atoms with van der Waals surface area (Å²) < 4.78 is 30.0. The summed E-state index contributed by atoms with van der Waals surface area (Å²) >= 11 is 1.25. The molecule has 1 atom stereocenters. The van der Waals surface area contributed by atoms with Crippen LogP contribution < -0.4 is 33.8 Å². The zero-order valence-corrected chi connectivity index (χ0v) is 24.6. The van der Waals surface area contributed by atoms with Crippen LogP contribution in [0.2, 0.25) is 0 Å². The van der Waals surface area contributed by atoms with Gasteiger partial charge in [-0.05, 0) is 76.1 Å². The second-order valence-electron chi connectivity index (χ2n) is 9.22. The Morgan fingerprint density at radius 1 is 1.02 bits per heavy atom. The first kappa shape index (κ1) is 28.9. The summed E-state index contributed by atoms with van der Waals surface area (Å²) in [5.74, 6) is 1.72. The summed E-state index contributed by atoms with van der Waals surface area (Å²) in [4.78, 5) is 32.2. The molecule has 2 heterocycles. The molecule has 1 aliphatic heterocycles. The van der Waals surface area contributed by atoms with Gasteiger partial charge >= 0.3 is 5.97 Å². The molecule has 0 aliphatic carbocycles. The molecule has 0 spiro atoms. The van der Waals surface area contributed by atoms with Gasteiger partial charge in [-0.2, -0.15) is 0 Å². The van der Waals surface area contributed by atoms with E-state index in [-0.39, 0.29) is 18.3 Å². The van der Waals surface area contributed by atoms with E-state index in [2.05, 4.69) is 4.99 Å². The number of aromatic nitrogens is 1. The lowest BCUT2D eigenvalue weighted by Crippen LogP contribution is -2.40. The van der Waals surface area contributed by atoms with E-state index in [1.165, 1.54) is 11.3 Å². The summed E-state index contributed by atoms with van der Waals surface area (Å²) in [5.41, 5.74) is 1.94. The number of methoxy groups -OCH3 is 2. The number of carbonyl (C=O) groups excluding carboxylic acids is 1. The van der Waals surface area contributed by atoms with E-state index in [1.807, 2.05) is 39.0 Å². The number of thiazole rings is 1. The molecule has 1 aromatic heterocycles. The Balaban J connectivity index is 1.92. The van der Waals surface area contributed by atoms with E-state index in [9.17, 15) is 9.59 Å². The number of hydrogen-bond donors (Lipinski definition) is 0. The highest BCUT2D eigenvalue weighted by atomic mass is 32.1. The van der Waals surface area contributed by atoms with Gasteiger partial charge in [-0.15, -0.1) is 0 Å². The van der Waals surface area contributed by atoms with Crippen molar-refractivity contribution in [2.75, 3.05) is 27.4 Å². The van der Waals surface area contributed by atoms with Gasteiger partial charge in [0, 0.05) is 0 Å². The van der Waals surface area contributed by atoms with Gasteiger partial charge in [0.1, 0.15) is 0 Å². The fraction of sp³-hybridized carbons (Fsp3) is 0.367. The Labute approximate surface area is 236 Å². The summed E-state index contributed by atoms with van der Waals surface area (Å²) in [7, 11) is 3.13. The first-order chi connectivity index (χ1) is 19.2. The van der Waals surface area contributed by atoms with E-state index >= 15 is 0 Å². The minimum absolute atomic E-state index is 0.0594. The molecule has 4 rings (SSSR count). The van der Waals surface area contributed by atoms with Gasteiger partial charge in [0.05, 0.1) is 55.4 Å². The van der Waals surface area contributed by atoms with Gasteiger partial charge < -0.3 is 23.7 Å². The fourth-order valence-electron chi connectivity index (χ4n) is 4.52. The van der Waals surface area contributed by atoms with Gasteiger partial charge in [-0.25, -0.2) is 9.79 Å². The summed E-state index contributed by atoms with van der Waals surface area (Å²) in [6, 6.07) is 10.1. The highest BCUT2D eigenvalue weighted by molar-refractivity contribution is 7.07. The number of nitrogens with zero attached hydrogens (tertiary/aromatic N) is 2. The van der Waals surface area contributed by atoms with Gasteiger partial charge in [-0.3, -0.25) is 9.36 Å². The zero-order chi connectivity index (χ0) is 29.0. The Hall–Kier alpha value is -4.05. The highest BCUT2D eigenvalue weighted by Crippen LogP contribution is 2.36. The third-order valence-corrected chi connectivity index (χ3v) is 7.15. The van der Waals surface area contributed by atoms with Crippen molar-refractivity contribution in [1.29, 1.82) is 0 Å². The largest absolute Gasteiger partial charge is 0.493 e. The number of fused-ring (bicyclic) bond motifs is 1. The Morgan fingerprint density at radius 2 is 1.75 bits per heavy atom. The lowest BCUT2D eigenvalue weighted by molar-refractivity contribution is -0.139. The van der Waals surface area contributed by atoms with Gasteiger partial charge in [0.2, 0.25) is 0 Å². The fourth-order valence-corrected chi connectivity index (χ4v) is 5.56. The molecule has 3 aromatic rings. The summed E-state index contributed by atoms with van der Waals surface area (Å²) in [6.45, 7) is 9.90. The predicted molar refractivity (Wildman–Crippen MR) is 153 cm³/mol. The molecule has 0 bridgehead atoms. The highest BCUT2D eigenvalue weighted by Gasteiger charge is 2.34. The third kappa shape index (κ3) is 5.77. The molecule has 0 amide bonds. The van der Waals surface area contributed by atoms with E-state index in [1.54, 1.807) is 56.9 Å². The maximum absolute atomic E-state index is 13.9. The van der Waals surface area contributed by atoms with Crippen molar-refractivity contribution in [1.82, 2.24) is 4.57 Å². The Bertz CT molecular complexity index is 1620. The van der Waals surface area contributed by atoms with Crippen LogP contribution in [0.25, 0.3) is 6.08 Å². The quantitative estimate of drug-likeness (QED) is 0.342. The Kier molecular flexibility index (Phi) is 8.99. The van der Waals surface area contributed by atoms with Crippen LogP contribution in [-0.2, 0) is 9.53 Å². The minimum Gasteiger partial charge on any atom is -0.493 e. The van der Waals surface area contributed by atoms with Gasteiger partial charge in [0.15, 0.2) is 27.8 Å². The molecule has 40 heavy (non-hydrogen) atoms. The first-order valence-electron chi connectivity index (χ1n) is 13.1. The first-order valence-corrected chi connectivity index (χ1v) is 13.9. The van der Waals surface area contributed by atoms with E-state index < -0.39 is 12.0 Å². The van der Waals surface area contributed by atoms with Gasteiger partial charge in [0.25, 0.3) is 5.56 Å². The van der Waals surface area contributed by atoms with E-state index in [0.717, 1.165) is 5.56 Å². The normalized spacial score (nSPS) is 15.0. The average Bonchev–Trinajstić information content (AvgIpc) is 3.22. The van der Waals surface area contributed by atoms with Crippen LogP contribution in [0, 0.1) is 0 Å². The number of rotatable bonds is 10. The van der Waals surface area contributed by atoms with Crippen LogP contribution in [0.5, 0.6) is 23.0 Å². The molecule has 0 saturated heterocycles. The number of benzene rings is 2. The van der Waals surface area contributed by atoms with Crippen LogP contribution >= 0.6 is 11.3 Å². The molecular formula is C30H34N2O7S. The van der Waals surface area contributed by atoms with Crippen molar-refractivity contribution in [3.8, 4) is 23.0 Å². The summed E-state index contributed by atoms with van der Waals surface area (Å²) in [6.07, 6.45) is 1.72. The van der Waals surface area contributed by atoms with Crippen LogP contribution in [-0.4, -0.2) is 44.1 Å². The SMILES string of the molecule is CCOC(=O)C1=C(C)N=c2sc(=Cc3ccc(OC)c(OCC)c3)c(=O)n2C1c1ccc(OC(C)C)c(OC)c1. The average molecular weight is 567 g/mol. The standard InChI is InChI=1S/C30H34N2O7S/c1-8-37-24-14-19(10-12-21(24)35-6)15-25-28(33)32-27(20-11-13-22(39-17(3)4)23(16-20)36-7)26(29(34)38-9-2)18(5)31-30(32)40-25/h10-17,27H,8-9H2,1-7H3. The van der Waals surface area contributed by atoms with Crippen molar-refractivity contribution in [3.63, 3.8) is 0 Å². The van der Waals surface area contributed by atoms with E-state index in [0.29, 0.717) is 55.8 Å². The van der Waals surface area contributed by atoms with Crippen molar-refractivity contribution < 1.29 is 28.5 Å². The number of ether oxygens (including phenoxy) is 5. The number of allylic oxidation sites excluding steroid dienone is 1. The van der Waals surface area contributed by atoms with Crippen molar-refractivity contribution in [2.45, 2.75) is 46.8 Å². The van der Waals surface area contributed by atoms with Crippen molar-refractivity contribution >= 4 is 23.4 Å². The van der Waals surface area contributed by atoms with Crippen LogP contribution in [0.3, 0.4) is 0 Å². The number of esters is 1. The molecule has 2 aromatic carbocycles. The molecule has 1 unspecified atom stereocenters. The molecule has 0 saturated carbocycles. The molecule has 212 valence electrons. The molecule has 0 radical (unpaired) electrons. The Morgan fingerprint density at radius 3 is 2.40 bits per heavy atom. The van der Waals surface area contributed by atoms with Crippen LogP contribution in [0.4, 0.5) is 0 Å². The topological polar surface area (TPSA) is 97.6 Å². The smallest absolute Gasteiger partial charge is 0.338 e. The molecular weight excluding hydrogens is 532 g/mol. The number of carbonyl (C=O) groups is 1. The monoisotopic (exact) mass is 566 g/mol. The molecule has 0 fully saturated rings. The number of hydrogen-bond acceptors (Lipinski definition) is 9. The lowest BCUT2D eigenvalue weighted by atomic mass is 9.95. The predicted octanol–water partition coefficient (Wildman–Crippen LogP) is 4.00. The zero-order valence-electron chi connectivity index (χ0n) is 23.8. The molecule has 0 N–H and O–H groups in total. The van der Waals surface area contributed by atoms with Crippen LogP contribution in [0.15, 0.2) is 57.5 Å². The van der Waals surface area contributed by atoms with E-state index in [4.69, 9.17) is 23.7 Å². The van der Waals surface area contributed by atoms with Crippen LogP contribution in [0.1, 0.15) is 51.8 Å². The lowest BCUT2D eigenvalue weighted by Gasteiger charge is -2.25. The second-order valence-corrected chi connectivity index (χ2v) is 10.2. The second kappa shape index (κ2) is 12.4. The van der Waals surface area contributed by atoms with Crippen molar-refractivity contribution in [3.05, 3.63) is 78.5 Å². The maximum Gasteiger partial charge on any atom is 0.338 e. The molecule has 1 aliphatic rings.